The average Bonchev–Trinajstić information content (AvgIpc) is 2.95. The van der Waals surface area contributed by atoms with Crippen LogP contribution in [0.1, 0.15) is 18.7 Å². The molecule has 1 aliphatic rings. The van der Waals surface area contributed by atoms with Crippen molar-refractivity contribution < 1.29 is 9.90 Å². The van der Waals surface area contributed by atoms with Crippen LogP contribution < -0.4 is 5.32 Å². The van der Waals surface area contributed by atoms with Crippen LogP contribution in [0.4, 0.5) is 5.82 Å². The Bertz CT molecular complexity index is 400. The maximum Gasteiger partial charge on any atom is 0.326 e. The summed E-state index contributed by atoms with van der Waals surface area (Å²) in [5.41, 5.74) is 0. The number of hydrogen-bond acceptors (Lipinski definition) is 4. The van der Waals surface area contributed by atoms with Gasteiger partial charge >= 0.3 is 5.97 Å². The first-order valence-corrected chi connectivity index (χ1v) is 5.44. The van der Waals surface area contributed by atoms with E-state index in [1.807, 2.05) is 0 Å². The topological polar surface area (TPSA) is 75.1 Å². The predicted octanol–water partition coefficient (Wildman–Crippen LogP) is 1.71. The van der Waals surface area contributed by atoms with Gasteiger partial charge in [-0.15, -0.1) is 0 Å². The zero-order chi connectivity index (χ0) is 11.7. The molecule has 0 aromatic carbocycles. The van der Waals surface area contributed by atoms with Gasteiger partial charge in [-0.2, -0.15) is 0 Å². The van der Waals surface area contributed by atoms with Crippen LogP contribution in [-0.2, 0) is 4.79 Å². The molecule has 0 spiro atoms. The van der Waals surface area contributed by atoms with E-state index in [-0.39, 0.29) is 5.92 Å². The largest absolute Gasteiger partial charge is 0.480 e. The first kappa shape index (κ1) is 11.1. The Morgan fingerprint density at radius 3 is 2.81 bits per heavy atom. The minimum absolute atomic E-state index is 0.201. The molecule has 0 aliphatic heterocycles. The van der Waals surface area contributed by atoms with E-state index in [9.17, 15) is 4.79 Å². The molecule has 1 atom stereocenters. The first-order chi connectivity index (χ1) is 7.56. The van der Waals surface area contributed by atoms with Crippen LogP contribution in [0.3, 0.4) is 0 Å². The lowest BCUT2D eigenvalue weighted by Gasteiger charge is -2.14. The number of carbonyl (C=O) groups is 1. The van der Waals surface area contributed by atoms with E-state index in [2.05, 4.69) is 15.3 Å². The number of anilines is 1. The summed E-state index contributed by atoms with van der Waals surface area (Å²) in [6.45, 7) is 1.71. The summed E-state index contributed by atoms with van der Waals surface area (Å²) < 4.78 is 0. The summed E-state index contributed by atoms with van der Waals surface area (Å²) in [6.07, 6.45) is 1.89. The van der Waals surface area contributed by atoms with Gasteiger partial charge in [-0.25, -0.2) is 14.8 Å². The summed E-state index contributed by atoms with van der Waals surface area (Å²) in [6, 6.07) is 0.956. The Hall–Kier alpha value is -1.36. The molecule has 0 saturated heterocycles. The number of nitrogens with one attached hydrogen (secondary N) is 1. The quantitative estimate of drug-likeness (QED) is 0.785. The maximum atomic E-state index is 11.0. The highest BCUT2D eigenvalue weighted by molar-refractivity contribution is 6.29. The number of halogens is 1. The Labute approximate surface area is 97.9 Å². The van der Waals surface area contributed by atoms with E-state index in [0.717, 1.165) is 12.8 Å². The molecule has 2 rings (SSSR count). The van der Waals surface area contributed by atoms with Crippen LogP contribution in [0.25, 0.3) is 0 Å². The van der Waals surface area contributed by atoms with E-state index in [4.69, 9.17) is 16.7 Å². The molecule has 1 aromatic heterocycles. The Morgan fingerprint density at radius 2 is 2.31 bits per heavy atom. The second kappa shape index (κ2) is 4.25. The normalized spacial score (nSPS) is 16.9. The molecule has 0 bridgehead atoms. The standard InChI is InChI=1S/C10H12ClN3O2/c1-5-12-7(11)4-8(13-5)14-9(10(15)16)6-2-3-6/h4,6,9H,2-3H2,1H3,(H,15,16)(H,12,13,14)/t9-/m0/s1. The first-order valence-electron chi connectivity index (χ1n) is 5.07. The van der Waals surface area contributed by atoms with Crippen LogP contribution in [0.2, 0.25) is 5.15 Å². The molecular weight excluding hydrogens is 230 g/mol. The van der Waals surface area contributed by atoms with Crippen molar-refractivity contribution in [3.8, 4) is 0 Å². The zero-order valence-electron chi connectivity index (χ0n) is 8.77. The van der Waals surface area contributed by atoms with Crippen molar-refractivity contribution >= 4 is 23.4 Å². The second-order valence-electron chi connectivity index (χ2n) is 3.92. The number of carboxylic acids is 1. The van der Waals surface area contributed by atoms with Crippen molar-refractivity contribution in [2.45, 2.75) is 25.8 Å². The Kier molecular flexibility index (Phi) is 2.96. The van der Waals surface area contributed by atoms with Gasteiger partial charge in [-0.05, 0) is 25.7 Å². The minimum Gasteiger partial charge on any atom is -0.480 e. The zero-order valence-corrected chi connectivity index (χ0v) is 9.53. The molecule has 1 aromatic rings. The van der Waals surface area contributed by atoms with Crippen molar-refractivity contribution in [1.82, 2.24) is 9.97 Å². The van der Waals surface area contributed by atoms with E-state index >= 15 is 0 Å². The summed E-state index contributed by atoms with van der Waals surface area (Å²) in [5.74, 6) is 0.341. The van der Waals surface area contributed by atoms with Gasteiger partial charge in [0, 0.05) is 6.07 Å². The molecule has 0 radical (unpaired) electrons. The van der Waals surface area contributed by atoms with E-state index in [1.165, 1.54) is 6.07 Å². The molecule has 86 valence electrons. The SMILES string of the molecule is Cc1nc(Cl)cc(N[C@H](C(=O)O)C2CC2)n1. The fraction of sp³-hybridized carbons (Fsp3) is 0.500. The van der Waals surface area contributed by atoms with Gasteiger partial charge in [0.2, 0.25) is 0 Å². The molecule has 1 aliphatic carbocycles. The average molecular weight is 242 g/mol. The van der Waals surface area contributed by atoms with E-state index < -0.39 is 12.0 Å². The highest BCUT2D eigenvalue weighted by Crippen LogP contribution is 2.34. The van der Waals surface area contributed by atoms with Crippen molar-refractivity contribution in [3.05, 3.63) is 17.0 Å². The predicted molar refractivity (Wildman–Crippen MR) is 59.5 cm³/mol. The van der Waals surface area contributed by atoms with Crippen molar-refractivity contribution in [3.63, 3.8) is 0 Å². The Balaban J connectivity index is 2.14. The lowest BCUT2D eigenvalue weighted by molar-refractivity contribution is -0.138. The molecule has 1 saturated carbocycles. The van der Waals surface area contributed by atoms with Crippen LogP contribution in [-0.4, -0.2) is 27.1 Å². The molecule has 1 heterocycles. The molecule has 5 nitrogen and oxygen atoms in total. The number of hydrogen-bond donors (Lipinski definition) is 2. The summed E-state index contributed by atoms with van der Waals surface area (Å²) in [4.78, 5) is 19.0. The number of aryl methyl sites for hydroxylation is 1. The van der Waals surface area contributed by atoms with Gasteiger partial charge in [0.05, 0.1) is 0 Å². The highest BCUT2D eigenvalue weighted by Gasteiger charge is 2.36. The third-order valence-electron chi connectivity index (χ3n) is 2.47. The van der Waals surface area contributed by atoms with Crippen LogP contribution in [0.15, 0.2) is 6.07 Å². The van der Waals surface area contributed by atoms with Crippen LogP contribution in [0.5, 0.6) is 0 Å². The third-order valence-corrected chi connectivity index (χ3v) is 2.66. The molecule has 0 amide bonds. The van der Waals surface area contributed by atoms with Crippen LogP contribution >= 0.6 is 11.6 Å². The molecule has 6 heteroatoms. The minimum atomic E-state index is -0.852. The van der Waals surface area contributed by atoms with Crippen LogP contribution in [0, 0.1) is 12.8 Å². The summed E-state index contributed by atoms with van der Waals surface area (Å²) in [7, 11) is 0. The van der Waals surface area contributed by atoms with Crippen molar-refractivity contribution in [1.29, 1.82) is 0 Å². The van der Waals surface area contributed by atoms with Gasteiger partial charge in [-0.1, -0.05) is 11.6 Å². The number of rotatable bonds is 4. The van der Waals surface area contributed by atoms with E-state index in [0.29, 0.717) is 16.8 Å². The fourth-order valence-electron chi connectivity index (χ4n) is 1.58. The Morgan fingerprint density at radius 1 is 1.62 bits per heavy atom. The highest BCUT2D eigenvalue weighted by atomic mass is 35.5. The smallest absolute Gasteiger partial charge is 0.326 e. The van der Waals surface area contributed by atoms with Crippen molar-refractivity contribution in [2.24, 2.45) is 5.92 Å². The maximum absolute atomic E-state index is 11.0. The van der Waals surface area contributed by atoms with Gasteiger partial charge < -0.3 is 10.4 Å². The van der Waals surface area contributed by atoms with Crippen molar-refractivity contribution in [2.75, 3.05) is 5.32 Å². The monoisotopic (exact) mass is 241 g/mol. The molecule has 2 N–H and O–H groups in total. The lowest BCUT2D eigenvalue weighted by atomic mass is 10.2. The second-order valence-corrected chi connectivity index (χ2v) is 4.31. The van der Waals surface area contributed by atoms with Gasteiger partial charge in [0.15, 0.2) is 0 Å². The molecule has 0 unspecified atom stereocenters. The number of aromatic nitrogens is 2. The summed E-state index contributed by atoms with van der Waals surface area (Å²) >= 11 is 5.77. The van der Waals surface area contributed by atoms with Gasteiger partial charge in [-0.3, -0.25) is 0 Å². The third kappa shape index (κ3) is 2.61. The fourth-order valence-corrected chi connectivity index (χ4v) is 1.80. The number of nitrogens with zero attached hydrogens (tertiary/aromatic N) is 2. The molecule has 1 fully saturated rings. The molecule has 16 heavy (non-hydrogen) atoms. The number of carboxylic acid groups (broad SMARTS) is 1. The summed E-state index contributed by atoms with van der Waals surface area (Å²) in [5, 5.41) is 12.2. The van der Waals surface area contributed by atoms with Gasteiger partial charge in [0.1, 0.15) is 22.8 Å². The van der Waals surface area contributed by atoms with E-state index in [1.54, 1.807) is 6.92 Å². The molecular formula is C10H12ClN3O2. The number of aliphatic carboxylic acids is 1. The van der Waals surface area contributed by atoms with Gasteiger partial charge in [0.25, 0.3) is 0 Å². The lowest BCUT2D eigenvalue weighted by Crippen LogP contribution is -2.31.